The van der Waals surface area contributed by atoms with Gasteiger partial charge in [-0.3, -0.25) is 4.79 Å². The largest absolute Gasteiger partial charge is 0.339 e. The molecule has 22 heavy (non-hydrogen) atoms. The average Bonchev–Trinajstić information content (AvgIpc) is 2.57. The van der Waals surface area contributed by atoms with Crippen molar-refractivity contribution in [1.82, 2.24) is 10.2 Å². The molecule has 1 amide bonds. The standard InChI is InChI=1S/C19H30N2O/c1-4-18(14-16-8-6-15(3)7-9-16)21(5-2)19(22)17-10-12-20-13-11-17/h6-9,17-18,20H,4-5,10-14H2,1-3H3. The molecule has 122 valence electrons. The summed E-state index contributed by atoms with van der Waals surface area (Å²) in [4.78, 5) is 15.0. The third kappa shape index (κ3) is 4.33. The monoisotopic (exact) mass is 302 g/mol. The Bertz CT molecular complexity index is 463. The predicted molar refractivity (Wildman–Crippen MR) is 91.9 cm³/mol. The van der Waals surface area contributed by atoms with Crippen molar-refractivity contribution in [2.45, 2.75) is 52.5 Å². The van der Waals surface area contributed by atoms with Gasteiger partial charge in [-0.15, -0.1) is 0 Å². The third-order valence-corrected chi connectivity index (χ3v) is 4.82. The fraction of sp³-hybridized carbons (Fsp3) is 0.632. The molecule has 1 atom stereocenters. The zero-order valence-corrected chi connectivity index (χ0v) is 14.3. The second-order valence-corrected chi connectivity index (χ2v) is 6.40. The van der Waals surface area contributed by atoms with Crippen molar-refractivity contribution in [3.63, 3.8) is 0 Å². The molecule has 0 bridgehead atoms. The Kier molecular flexibility index (Phi) is 6.44. The first-order valence-electron chi connectivity index (χ1n) is 8.72. The highest BCUT2D eigenvalue weighted by Crippen LogP contribution is 2.20. The summed E-state index contributed by atoms with van der Waals surface area (Å²) >= 11 is 0. The van der Waals surface area contributed by atoms with Crippen LogP contribution in [-0.4, -0.2) is 36.5 Å². The van der Waals surface area contributed by atoms with Crippen molar-refractivity contribution in [3.8, 4) is 0 Å². The Morgan fingerprint density at radius 2 is 1.86 bits per heavy atom. The van der Waals surface area contributed by atoms with E-state index in [0.717, 1.165) is 45.3 Å². The highest BCUT2D eigenvalue weighted by atomic mass is 16.2. The fourth-order valence-electron chi connectivity index (χ4n) is 3.37. The molecular weight excluding hydrogens is 272 g/mol. The number of carbonyl (C=O) groups is 1. The molecule has 2 rings (SSSR count). The number of aryl methyl sites for hydroxylation is 1. The van der Waals surface area contributed by atoms with E-state index < -0.39 is 0 Å². The van der Waals surface area contributed by atoms with E-state index in [0.29, 0.717) is 11.9 Å². The molecule has 1 unspecified atom stereocenters. The molecule has 1 aliphatic heterocycles. The number of nitrogens with one attached hydrogen (secondary N) is 1. The Balaban J connectivity index is 2.05. The molecule has 1 N–H and O–H groups in total. The molecule has 1 saturated heterocycles. The van der Waals surface area contributed by atoms with Gasteiger partial charge in [0.15, 0.2) is 0 Å². The lowest BCUT2D eigenvalue weighted by Crippen LogP contribution is -2.46. The summed E-state index contributed by atoms with van der Waals surface area (Å²) in [5, 5.41) is 3.34. The minimum Gasteiger partial charge on any atom is -0.339 e. The summed E-state index contributed by atoms with van der Waals surface area (Å²) in [5.74, 6) is 0.580. The maximum Gasteiger partial charge on any atom is 0.226 e. The number of rotatable bonds is 6. The van der Waals surface area contributed by atoms with Crippen LogP contribution in [0, 0.1) is 12.8 Å². The van der Waals surface area contributed by atoms with E-state index in [1.165, 1.54) is 11.1 Å². The van der Waals surface area contributed by atoms with Gasteiger partial charge < -0.3 is 10.2 Å². The number of amides is 1. The Morgan fingerprint density at radius 1 is 1.23 bits per heavy atom. The molecule has 0 radical (unpaired) electrons. The molecule has 1 aliphatic rings. The molecule has 1 fully saturated rings. The normalized spacial score (nSPS) is 17.2. The van der Waals surface area contributed by atoms with Gasteiger partial charge >= 0.3 is 0 Å². The predicted octanol–water partition coefficient (Wildman–Crippen LogP) is 3.16. The average molecular weight is 302 g/mol. The first-order valence-corrected chi connectivity index (χ1v) is 8.72. The highest BCUT2D eigenvalue weighted by molar-refractivity contribution is 5.79. The van der Waals surface area contributed by atoms with Gasteiger partial charge in [-0.25, -0.2) is 0 Å². The number of nitrogens with zero attached hydrogens (tertiary/aromatic N) is 1. The van der Waals surface area contributed by atoms with E-state index in [2.05, 4.69) is 55.3 Å². The number of hydrogen-bond acceptors (Lipinski definition) is 2. The molecule has 0 saturated carbocycles. The Hall–Kier alpha value is -1.35. The lowest BCUT2D eigenvalue weighted by atomic mass is 9.94. The summed E-state index contributed by atoms with van der Waals surface area (Å²) in [7, 11) is 0. The van der Waals surface area contributed by atoms with Crippen molar-refractivity contribution in [2.75, 3.05) is 19.6 Å². The van der Waals surface area contributed by atoms with Gasteiger partial charge in [-0.1, -0.05) is 36.8 Å². The molecule has 1 heterocycles. The SMILES string of the molecule is CCC(Cc1ccc(C)cc1)N(CC)C(=O)C1CCNCC1. The molecule has 1 aromatic rings. The summed E-state index contributed by atoms with van der Waals surface area (Å²) < 4.78 is 0. The van der Waals surface area contributed by atoms with Crippen LogP contribution >= 0.6 is 0 Å². The lowest BCUT2D eigenvalue weighted by molar-refractivity contribution is -0.138. The van der Waals surface area contributed by atoms with Crippen LogP contribution in [0.1, 0.15) is 44.2 Å². The first kappa shape index (κ1) is 17.0. The fourth-order valence-corrected chi connectivity index (χ4v) is 3.37. The van der Waals surface area contributed by atoms with E-state index in [-0.39, 0.29) is 5.92 Å². The molecule has 1 aromatic carbocycles. The maximum atomic E-state index is 12.9. The van der Waals surface area contributed by atoms with E-state index in [1.807, 2.05) is 0 Å². The third-order valence-electron chi connectivity index (χ3n) is 4.82. The van der Waals surface area contributed by atoms with E-state index in [4.69, 9.17) is 0 Å². The second-order valence-electron chi connectivity index (χ2n) is 6.40. The summed E-state index contributed by atoms with van der Waals surface area (Å²) in [5.41, 5.74) is 2.61. The molecule has 0 aromatic heterocycles. The van der Waals surface area contributed by atoms with E-state index >= 15 is 0 Å². The molecule has 3 nitrogen and oxygen atoms in total. The lowest BCUT2D eigenvalue weighted by Gasteiger charge is -2.34. The molecule has 3 heteroatoms. The minimum atomic E-state index is 0.216. The van der Waals surface area contributed by atoms with Crippen LogP contribution in [0.3, 0.4) is 0 Å². The van der Waals surface area contributed by atoms with Gasteiger partial charge in [0.25, 0.3) is 0 Å². The number of benzene rings is 1. The van der Waals surface area contributed by atoms with Crippen LogP contribution in [0.15, 0.2) is 24.3 Å². The van der Waals surface area contributed by atoms with Gasteiger partial charge in [0.1, 0.15) is 0 Å². The summed E-state index contributed by atoms with van der Waals surface area (Å²) in [6, 6.07) is 9.02. The van der Waals surface area contributed by atoms with Crippen LogP contribution in [0.2, 0.25) is 0 Å². The van der Waals surface area contributed by atoms with Crippen molar-refractivity contribution in [3.05, 3.63) is 35.4 Å². The van der Waals surface area contributed by atoms with Gasteiger partial charge in [0.05, 0.1) is 0 Å². The Labute approximate surface area is 135 Å². The van der Waals surface area contributed by atoms with Crippen LogP contribution < -0.4 is 5.32 Å². The Morgan fingerprint density at radius 3 is 2.41 bits per heavy atom. The van der Waals surface area contributed by atoms with Crippen LogP contribution in [0.25, 0.3) is 0 Å². The van der Waals surface area contributed by atoms with E-state index in [9.17, 15) is 4.79 Å². The van der Waals surface area contributed by atoms with Crippen molar-refractivity contribution < 1.29 is 4.79 Å². The molecule has 0 aliphatic carbocycles. The van der Waals surface area contributed by atoms with Crippen LogP contribution in [0.5, 0.6) is 0 Å². The highest BCUT2D eigenvalue weighted by Gasteiger charge is 2.28. The first-order chi connectivity index (χ1) is 10.7. The number of carbonyl (C=O) groups excluding carboxylic acids is 1. The summed E-state index contributed by atoms with van der Waals surface area (Å²) in [6.07, 6.45) is 3.94. The van der Waals surface area contributed by atoms with Gasteiger partial charge in [0, 0.05) is 18.5 Å². The topological polar surface area (TPSA) is 32.3 Å². The van der Waals surface area contributed by atoms with Crippen LogP contribution in [0.4, 0.5) is 0 Å². The molecular formula is C19H30N2O. The number of piperidine rings is 1. The van der Waals surface area contributed by atoms with Crippen molar-refractivity contribution in [1.29, 1.82) is 0 Å². The van der Waals surface area contributed by atoms with Crippen molar-refractivity contribution in [2.24, 2.45) is 5.92 Å². The number of likely N-dealkylation sites (N-methyl/N-ethyl adjacent to an activating group) is 1. The van der Waals surface area contributed by atoms with Crippen molar-refractivity contribution >= 4 is 5.91 Å². The zero-order valence-electron chi connectivity index (χ0n) is 14.3. The molecule has 0 spiro atoms. The second kappa shape index (κ2) is 8.33. The van der Waals surface area contributed by atoms with Crippen LogP contribution in [-0.2, 0) is 11.2 Å². The quantitative estimate of drug-likeness (QED) is 0.875. The van der Waals surface area contributed by atoms with Gasteiger partial charge in [-0.2, -0.15) is 0 Å². The zero-order chi connectivity index (χ0) is 15.9. The summed E-state index contributed by atoms with van der Waals surface area (Å²) in [6.45, 7) is 9.17. The van der Waals surface area contributed by atoms with Gasteiger partial charge in [0.2, 0.25) is 5.91 Å². The smallest absolute Gasteiger partial charge is 0.226 e. The van der Waals surface area contributed by atoms with E-state index in [1.54, 1.807) is 0 Å². The maximum absolute atomic E-state index is 12.9. The minimum absolute atomic E-state index is 0.216. The number of hydrogen-bond donors (Lipinski definition) is 1. The van der Waals surface area contributed by atoms with Gasteiger partial charge in [-0.05, 0) is 58.2 Å².